The largest absolute Gasteiger partial charge is 1.00 e. The van der Waals surface area contributed by atoms with Gasteiger partial charge in [-0.05, 0) is 37.0 Å². The first kappa shape index (κ1) is 30.1. The summed E-state index contributed by atoms with van der Waals surface area (Å²) in [5, 5.41) is 14.6. The normalized spacial score (nSPS) is 11.7. The summed E-state index contributed by atoms with van der Waals surface area (Å²) in [6.07, 6.45) is 19.4. The second-order valence-electron chi connectivity index (χ2n) is 8.49. The predicted molar refractivity (Wildman–Crippen MR) is 123 cm³/mol. The Balaban J connectivity index is 0.00000841. The van der Waals surface area contributed by atoms with E-state index in [9.17, 15) is 9.90 Å². The molecule has 0 spiro atoms. The zero-order chi connectivity index (χ0) is 21.2. The number of aliphatic carboxylic acids is 1. The Morgan fingerprint density at radius 1 is 0.767 bits per heavy atom. The van der Waals surface area contributed by atoms with Crippen molar-refractivity contribution in [1.82, 2.24) is 0 Å². The minimum Gasteiger partial charge on any atom is -0.548 e. The number of aryl methyl sites for hydroxylation is 1. The standard InChI is InChI=1S/C26H45NO2.K/c1-3-5-7-9-11-13-15-17-23-19-21-24(22-20-23)27-25(26(28)29)18-16-14-12-10-8-6-4-2;/h19-22,25,27H,3-18H2,1-2H3,(H,28,29);/q;+1/p-1. The summed E-state index contributed by atoms with van der Waals surface area (Å²) < 4.78 is 0. The molecule has 0 heterocycles. The van der Waals surface area contributed by atoms with Gasteiger partial charge in [-0.25, -0.2) is 0 Å². The fourth-order valence-corrected chi connectivity index (χ4v) is 3.81. The Labute approximate surface area is 228 Å². The maximum atomic E-state index is 11.5. The molecule has 1 N–H and O–H groups in total. The second kappa shape index (κ2) is 21.0. The molecule has 0 aliphatic carbocycles. The van der Waals surface area contributed by atoms with Crippen LogP contribution in [0.1, 0.15) is 116 Å². The number of anilines is 1. The monoisotopic (exact) mass is 441 g/mol. The van der Waals surface area contributed by atoms with Crippen LogP contribution in [-0.2, 0) is 11.2 Å². The number of carbonyl (C=O) groups excluding carboxylic acids is 1. The summed E-state index contributed by atoms with van der Waals surface area (Å²) >= 11 is 0. The molecule has 1 unspecified atom stereocenters. The number of carboxylic acid groups (broad SMARTS) is 1. The molecule has 0 aliphatic rings. The molecule has 166 valence electrons. The van der Waals surface area contributed by atoms with Crippen LogP contribution in [0.25, 0.3) is 0 Å². The van der Waals surface area contributed by atoms with Crippen LogP contribution >= 0.6 is 0 Å². The van der Waals surface area contributed by atoms with Crippen LogP contribution < -0.4 is 61.8 Å². The van der Waals surface area contributed by atoms with Gasteiger partial charge in [0.15, 0.2) is 0 Å². The van der Waals surface area contributed by atoms with Gasteiger partial charge in [0.1, 0.15) is 0 Å². The van der Waals surface area contributed by atoms with Gasteiger partial charge in [-0.1, -0.05) is 109 Å². The van der Waals surface area contributed by atoms with Crippen molar-refractivity contribution in [2.75, 3.05) is 5.32 Å². The zero-order valence-corrected chi connectivity index (χ0v) is 23.1. The van der Waals surface area contributed by atoms with Crippen molar-refractivity contribution in [3.05, 3.63) is 29.8 Å². The molecule has 30 heavy (non-hydrogen) atoms. The molecule has 0 saturated heterocycles. The summed E-state index contributed by atoms with van der Waals surface area (Å²) in [6, 6.07) is 7.67. The van der Waals surface area contributed by atoms with E-state index < -0.39 is 12.0 Å². The first-order valence-electron chi connectivity index (χ1n) is 12.2. The van der Waals surface area contributed by atoms with Crippen LogP contribution in [0.2, 0.25) is 0 Å². The van der Waals surface area contributed by atoms with Gasteiger partial charge in [0, 0.05) is 5.69 Å². The maximum absolute atomic E-state index is 11.5. The Hall–Kier alpha value is 0.126. The Morgan fingerprint density at radius 2 is 1.23 bits per heavy atom. The van der Waals surface area contributed by atoms with E-state index in [2.05, 4.69) is 31.3 Å². The van der Waals surface area contributed by atoms with Gasteiger partial charge in [-0.3, -0.25) is 0 Å². The van der Waals surface area contributed by atoms with Crippen molar-refractivity contribution in [2.45, 2.75) is 123 Å². The molecule has 0 bridgehead atoms. The van der Waals surface area contributed by atoms with Gasteiger partial charge in [0.05, 0.1) is 12.0 Å². The zero-order valence-electron chi connectivity index (χ0n) is 20.0. The third-order valence-electron chi connectivity index (χ3n) is 5.74. The number of hydrogen-bond acceptors (Lipinski definition) is 3. The van der Waals surface area contributed by atoms with Crippen LogP contribution in [-0.4, -0.2) is 12.0 Å². The molecule has 1 aromatic carbocycles. The molecular formula is C26H44KNO2. The van der Waals surface area contributed by atoms with Gasteiger partial charge in [0.2, 0.25) is 0 Å². The molecule has 4 heteroatoms. The van der Waals surface area contributed by atoms with Crippen LogP contribution in [0.15, 0.2) is 24.3 Å². The number of hydrogen-bond donors (Lipinski definition) is 1. The number of rotatable bonds is 19. The molecule has 0 amide bonds. The van der Waals surface area contributed by atoms with Crippen molar-refractivity contribution in [3.63, 3.8) is 0 Å². The van der Waals surface area contributed by atoms with Crippen molar-refractivity contribution in [3.8, 4) is 0 Å². The third kappa shape index (κ3) is 15.9. The van der Waals surface area contributed by atoms with E-state index in [1.165, 1.54) is 82.6 Å². The number of benzene rings is 1. The third-order valence-corrected chi connectivity index (χ3v) is 5.74. The summed E-state index contributed by atoms with van der Waals surface area (Å²) in [5.74, 6) is -0.997. The molecule has 1 aromatic rings. The minimum absolute atomic E-state index is 0. The molecule has 0 aliphatic heterocycles. The van der Waals surface area contributed by atoms with E-state index in [0.29, 0.717) is 6.42 Å². The van der Waals surface area contributed by atoms with Crippen LogP contribution in [0.5, 0.6) is 0 Å². The average Bonchev–Trinajstić information content (AvgIpc) is 2.72. The molecule has 0 fully saturated rings. The van der Waals surface area contributed by atoms with Gasteiger partial charge < -0.3 is 15.2 Å². The maximum Gasteiger partial charge on any atom is 1.00 e. The fourth-order valence-electron chi connectivity index (χ4n) is 3.81. The number of carboxylic acids is 1. The molecule has 1 rings (SSSR count). The second-order valence-corrected chi connectivity index (χ2v) is 8.49. The Kier molecular flexibility index (Phi) is 21.1. The summed E-state index contributed by atoms with van der Waals surface area (Å²) in [6.45, 7) is 4.47. The summed E-state index contributed by atoms with van der Waals surface area (Å²) in [5.41, 5.74) is 2.21. The van der Waals surface area contributed by atoms with Gasteiger partial charge in [-0.2, -0.15) is 0 Å². The van der Waals surface area contributed by atoms with Crippen molar-refractivity contribution in [1.29, 1.82) is 0 Å². The van der Waals surface area contributed by atoms with E-state index in [4.69, 9.17) is 0 Å². The number of nitrogens with one attached hydrogen (secondary N) is 1. The van der Waals surface area contributed by atoms with Crippen LogP contribution in [0, 0.1) is 0 Å². The van der Waals surface area contributed by atoms with Gasteiger partial charge in [-0.15, -0.1) is 0 Å². The van der Waals surface area contributed by atoms with Crippen molar-refractivity contribution in [2.24, 2.45) is 0 Å². The minimum atomic E-state index is -0.997. The van der Waals surface area contributed by atoms with Crippen molar-refractivity contribution < 1.29 is 61.3 Å². The molecule has 0 aromatic heterocycles. The van der Waals surface area contributed by atoms with E-state index in [-0.39, 0.29) is 51.4 Å². The van der Waals surface area contributed by atoms with Crippen molar-refractivity contribution >= 4 is 11.7 Å². The summed E-state index contributed by atoms with van der Waals surface area (Å²) in [7, 11) is 0. The Bertz CT molecular complexity index is 518. The molecule has 0 radical (unpaired) electrons. The topological polar surface area (TPSA) is 52.2 Å². The summed E-state index contributed by atoms with van der Waals surface area (Å²) in [4.78, 5) is 11.5. The molecule has 0 saturated carbocycles. The van der Waals surface area contributed by atoms with Gasteiger partial charge in [0.25, 0.3) is 0 Å². The first-order valence-corrected chi connectivity index (χ1v) is 12.2. The first-order chi connectivity index (χ1) is 14.2. The van der Waals surface area contributed by atoms with Crippen LogP contribution in [0.4, 0.5) is 5.69 Å². The molecular weight excluding hydrogens is 397 g/mol. The van der Waals surface area contributed by atoms with E-state index in [1.807, 2.05) is 12.1 Å². The predicted octanol–water partition coefficient (Wildman–Crippen LogP) is 3.65. The number of unbranched alkanes of at least 4 members (excludes halogenated alkanes) is 12. The molecule has 3 nitrogen and oxygen atoms in total. The SMILES string of the molecule is CCCCCCCCCc1ccc(NC(CCCCCCCCC)C(=O)[O-])cc1.[K+]. The molecule has 1 atom stereocenters. The van der Waals surface area contributed by atoms with E-state index >= 15 is 0 Å². The smallest absolute Gasteiger partial charge is 0.548 e. The number of carbonyl (C=O) groups is 1. The quantitative estimate of drug-likeness (QED) is 0.263. The van der Waals surface area contributed by atoms with E-state index in [1.54, 1.807) is 0 Å². The Morgan fingerprint density at radius 3 is 1.73 bits per heavy atom. The van der Waals surface area contributed by atoms with Crippen LogP contribution in [0.3, 0.4) is 0 Å². The average molecular weight is 442 g/mol. The van der Waals surface area contributed by atoms with E-state index in [0.717, 1.165) is 24.9 Å². The fraction of sp³-hybridized carbons (Fsp3) is 0.731. The van der Waals surface area contributed by atoms with Gasteiger partial charge >= 0.3 is 51.4 Å².